The number of carbonyl (C=O) groups is 1. The van der Waals surface area contributed by atoms with Crippen LogP contribution in [0, 0.1) is 0 Å². The van der Waals surface area contributed by atoms with Crippen molar-refractivity contribution in [3.05, 3.63) is 54.6 Å². The molecule has 0 atom stereocenters. The molecule has 0 unspecified atom stereocenters. The van der Waals surface area contributed by atoms with E-state index in [0.29, 0.717) is 37.7 Å². The Morgan fingerprint density at radius 1 is 0.926 bits per heavy atom. The number of sulfonamides is 1. The second-order valence-corrected chi connectivity index (χ2v) is 8.31. The molecule has 0 radical (unpaired) electrons. The van der Waals surface area contributed by atoms with Crippen LogP contribution in [0.1, 0.15) is 6.92 Å². The highest BCUT2D eigenvalue weighted by Gasteiger charge is 2.29. The number of nitrogens with zero attached hydrogens (tertiary/aromatic N) is 2. The van der Waals surface area contributed by atoms with Gasteiger partial charge in [0.25, 0.3) is 0 Å². The summed E-state index contributed by atoms with van der Waals surface area (Å²) < 4.78 is 32.2. The Morgan fingerprint density at radius 3 is 2.11 bits per heavy atom. The van der Waals surface area contributed by atoms with Crippen LogP contribution in [-0.4, -0.2) is 62.9 Å². The summed E-state index contributed by atoms with van der Waals surface area (Å²) >= 11 is 0. The summed E-state index contributed by atoms with van der Waals surface area (Å²) in [6.45, 7) is 4.08. The number of ether oxygens (including phenoxy) is 1. The molecule has 144 valence electrons. The molecule has 0 N–H and O–H groups in total. The van der Waals surface area contributed by atoms with Crippen LogP contribution in [0.5, 0.6) is 0 Å². The van der Waals surface area contributed by atoms with Crippen molar-refractivity contribution < 1.29 is 17.9 Å². The molecule has 0 saturated carbocycles. The summed E-state index contributed by atoms with van der Waals surface area (Å²) in [5.41, 5.74) is 2.03. The van der Waals surface area contributed by atoms with Gasteiger partial charge in [-0.05, 0) is 30.2 Å². The second kappa shape index (κ2) is 8.65. The number of benzene rings is 2. The molecule has 1 aliphatic rings. The molecule has 27 heavy (non-hydrogen) atoms. The maximum Gasteiger partial charge on any atom is 0.320 e. The lowest BCUT2D eigenvalue weighted by Gasteiger charge is -2.33. The normalized spacial score (nSPS) is 16.2. The number of esters is 1. The van der Waals surface area contributed by atoms with Crippen molar-refractivity contribution >= 4 is 16.0 Å². The molecule has 6 nitrogen and oxygen atoms in total. The highest BCUT2D eigenvalue weighted by Crippen LogP contribution is 2.23. The van der Waals surface area contributed by atoms with Gasteiger partial charge in [-0.1, -0.05) is 42.5 Å². The van der Waals surface area contributed by atoms with Gasteiger partial charge in [0, 0.05) is 26.2 Å². The van der Waals surface area contributed by atoms with Crippen molar-refractivity contribution in [1.29, 1.82) is 0 Å². The van der Waals surface area contributed by atoms with Crippen molar-refractivity contribution in [1.82, 2.24) is 9.21 Å². The molecule has 2 aromatic carbocycles. The van der Waals surface area contributed by atoms with Crippen molar-refractivity contribution in [3.8, 4) is 11.1 Å². The van der Waals surface area contributed by atoms with E-state index in [2.05, 4.69) is 0 Å². The first-order valence-electron chi connectivity index (χ1n) is 9.04. The molecule has 1 heterocycles. The van der Waals surface area contributed by atoms with Crippen molar-refractivity contribution in [2.45, 2.75) is 11.8 Å². The van der Waals surface area contributed by atoms with Crippen LogP contribution >= 0.6 is 0 Å². The average Bonchev–Trinajstić information content (AvgIpc) is 2.69. The molecule has 0 bridgehead atoms. The molecule has 1 fully saturated rings. The number of hydrogen-bond donors (Lipinski definition) is 0. The second-order valence-electron chi connectivity index (χ2n) is 6.38. The van der Waals surface area contributed by atoms with E-state index in [4.69, 9.17) is 4.74 Å². The van der Waals surface area contributed by atoms with E-state index in [1.54, 1.807) is 19.1 Å². The van der Waals surface area contributed by atoms with Gasteiger partial charge in [-0.25, -0.2) is 8.42 Å². The lowest BCUT2D eigenvalue weighted by atomic mass is 10.1. The number of piperazine rings is 1. The topological polar surface area (TPSA) is 66.9 Å². The van der Waals surface area contributed by atoms with E-state index in [-0.39, 0.29) is 12.5 Å². The van der Waals surface area contributed by atoms with E-state index in [9.17, 15) is 13.2 Å². The minimum atomic E-state index is -3.53. The Hall–Kier alpha value is -2.22. The molecule has 0 aliphatic carbocycles. The first-order valence-corrected chi connectivity index (χ1v) is 10.5. The van der Waals surface area contributed by atoms with Crippen molar-refractivity contribution in [3.63, 3.8) is 0 Å². The van der Waals surface area contributed by atoms with Gasteiger partial charge in [0.15, 0.2) is 0 Å². The Kier molecular flexibility index (Phi) is 6.26. The van der Waals surface area contributed by atoms with Gasteiger partial charge in [-0.15, -0.1) is 0 Å². The third-order valence-electron chi connectivity index (χ3n) is 4.59. The molecule has 0 amide bonds. The van der Waals surface area contributed by atoms with E-state index >= 15 is 0 Å². The first kappa shape index (κ1) is 19.5. The van der Waals surface area contributed by atoms with Gasteiger partial charge in [0.2, 0.25) is 10.0 Å². The molecule has 3 rings (SSSR count). The Balaban J connectivity index is 1.64. The van der Waals surface area contributed by atoms with Crippen LogP contribution in [0.15, 0.2) is 59.5 Å². The molecule has 7 heteroatoms. The van der Waals surface area contributed by atoms with E-state index in [1.807, 2.05) is 47.4 Å². The zero-order valence-electron chi connectivity index (χ0n) is 15.4. The molecule has 2 aromatic rings. The molecule has 1 saturated heterocycles. The van der Waals surface area contributed by atoms with Gasteiger partial charge in [0.1, 0.15) is 0 Å². The summed E-state index contributed by atoms with van der Waals surface area (Å²) in [5.74, 6) is -0.273. The van der Waals surface area contributed by atoms with Crippen LogP contribution in [0.4, 0.5) is 0 Å². The van der Waals surface area contributed by atoms with Crippen LogP contribution in [-0.2, 0) is 19.6 Å². The third-order valence-corrected chi connectivity index (χ3v) is 6.50. The van der Waals surface area contributed by atoms with Gasteiger partial charge >= 0.3 is 5.97 Å². The minimum Gasteiger partial charge on any atom is -0.465 e. The maximum absolute atomic E-state index is 12.9. The average molecular weight is 388 g/mol. The van der Waals surface area contributed by atoms with Crippen molar-refractivity contribution in [2.75, 3.05) is 39.3 Å². The number of carbonyl (C=O) groups excluding carboxylic acids is 1. The maximum atomic E-state index is 12.9. The summed E-state index contributed by atoms with van der Waals surface area (Å²) in [4.78, 5) is 13.8. The summed E-state index contributed by atoms with van der Waals surface area (Å²) in [6.07, 6.45) is 0. The Morgan fingerprint density at radius 2 is 1.52 bits per heavy atom. The van der Waals surface area contributed by atoms with Crippen LogP contribution < -0.4 is 0 Å². The standard InChI is InChI=1S/C20H24N2O4S/c1-2-26-20(23)16-21-12-14-22(15-13-21)27(24,25)19-10-8-18(9-11-19)17-6-4-3-5-7-17/h3-11H,2,12-16H2,1H3. The minimum absolute atomic E-state index is 0.202. The molecule has 0 aromatic heterocycles. The highest BCUT2D eigenvalue weighted by molar-refractivity contribution is 7.89. The van der Waals surface area contributed by atoms with Crippen LogP contribution in [0.25, 0.3) is 11.1 Å². The molecular formula is C20H24N2O4S. The van der Waals surface area contributed by atoms with Crippen molar-refractivity contribution in [2.24, 2.45) is 0 Å². The number of hydrogen-bond acceptors (Lipinski definition) is 5. The van der Waals surface area contributed by atoms with Gasteiger partial charge in [-0.3, -0.25) is 9.69 Å². The van der Waals surface area contributed by atoms with Crippen LogP contribution in [0.2, 0.25) is 0 Å². The molecule has 0 spiro atoms. The largest absolute Gasteiger partial charge is 0.465 e. The zero-order chi connectivity index (χ0) is 19.3. The predicted molar refractivity (Wildman–Crippen MR) is 104 cm³/mol. The quantitative estimate of drug-likeness (QED) is 0.710. The Bertz CT molecular complexity index is 859. The van der Waals surface area contributed by atoms with E-state index in [1.165, 1.54) is 4.31 Å². The Labute approximate surface area is 160 Å². The molecular weight excluding hydrogens is 364 g/mol. The summed E-state index contributed by atoms with van der Waals surface area (Å²) in [7, 11) is -3.53. The highest BCUT2D eigenvalue weighted by atomic mass is 32.2. The fourth-order valence-corrected chi connectivity index (χ4v) is 4.54. The monoisotopic (exact) mass is 388 g/mol. The van der Waals surface area contributed by atoms with E-state index < -0.39 is 10.0 Å². The van der Waals surface area contributed by atoms with Crippen LogP contribution in [0.3, 0.4) is 0 Å². The summed E-state index contributed by atoms with van der Waals surface area (Å²) in [5, 5.41) is 0. The lowest BCUT2D eigenvalue weighted by molar-refractivity contribution is -0.144. The smallest absolute Gasteiger partial charge is 0.320 e. The van der Waals surface area contributed by atoms with Gasteiger partial charge in [0.05, 0.1) is 18.0 Å². The van der Waals surface area contributed by atoms with Gasteiger partial charge < -0.3 is 4.74 Å². The predicted octanol–water partition coefficient (Wildman–Crippen LogP) is 2.22. The number of rotatable bonds is 6. The van der Waals surface area contributed by atoms with Gasteiger partial charge in [-0.2, -0.15) is 4.31 Å². The van der Waals surface area contributed by atoms with E-state index in [0.717, 1.165) is 11.1 Å². The zero-order valence-corrected chi connectivity index (χ0v) is 16.2. The fraction of sp³-hybridized carbons (Fsp3) is 0.350. The fourth-order valence-electron chi connectivity index (χ4n) is 3.12. The first-order chi connectivity index (χ1) is 13.0. The third kappa shape index (κ3) is 4.74. The summed E-state index contributed by atoms with van der Waals surface area (Å²) in [6, 6.07) is 16.8. The SMILES string of the molecule is CCOC(=O)CN1CCN(S(=O)(=O)c2ccc(-c3ccccc3)cc2)CC1. The molecule has 1 aliphatic heterocycles. The lowest BCUT2D eigenvalue weighted by Crippen LogP contribution is -2.49.